The molecule has 5 nitrogen and oxygen atoms in total. The molecule has 0 amide bonds. The van der Waals surface area contributed by atoms with Crippen molar-refractivity contribution in [1.29, 1.82) is 0 Å². The van der Waals surface area contributed by atoms with Crippen molar-refractivity contribution in [3.8, 4) is 22.5 Å². The van der Waals surface area contributed by atoms with E-state index >= 15 is 0 Å². The van der Waals surface area contributed by atoms with Crippen LogP contribution >= 0.6 is 23.2 Å². The van der Waals surface area contributed by atoms with Gasteiger partial charge in [-0.25, -0.2) is 9.97 Å². The summed E-state index contributed by atoms with van der Waals surface area (Å²) in [7, 11) is 0. The summed E-state index contributed by atoms with van der Waals surface area (Å²) in [4.78, 5) is 36.0. The number of hydrogen-bond donors (Lipinski definition) is 0. The summed E-state index contributed by atoms with van der Waals surface area (Å²) >= 11 is 12.3. The smallest absolute Gasteiger partial charge is 0.151 e. The van der Waals surface area contributed by atoms with Crippen molar-refractivity contribution in [3.05, 3.63) is 64.3 Å². The van der Waals surface area contributed by atoms with E-state index in [2.05, 4.69) is 4.90 Å². The van der Waals surface area contributed by atoms with Crippen molar-refractivity contribution in [3.63, 3.8) is 0 Å². The van der Waals surface area contributed by atoms with Gasteiger partial charge in [-0.05, 0) is 49.9 Å². The molecule has 0 bridgehead atoms. The average molecular weight is 522 g/mol. The van der Waals surface area contributed by atoms with Crippen molar-refractivity contribution >= 4 is 40.6 Å². The number of hydrogen-bond acceptors (Lipinski definition) is 5. The maximum atomic E-state index is 11.9. The predicted octanol–water partition coefficient (Wildman–Crippen LogP) is 6.98. The Bertz CT molecular complexity index is 1260. The lowest BCUT2D eigenvalue weighted by Gasteiger charge is -2.30. The maximum Gasteiger partial charge on any atom is 0.151 e. The SMILES string of the molecule is O=C1CC(=O)C(CCCCCN2CCCc3nc(-c4ccc(Cl)cc4)c(-c4ccc(Cl)cc4)nc32)C1. The molecule has 1 saturated carbocycles. The zero-order valence-corrected chi connectivity index (χ0v) is 21.7. The molecule has 0 N–H and O–H groups in total. The fraction of sp³-hybridized carbons (Fsp3) is 0.379. The summed E-state index contributed by atoms with van der Waals surface area (Å²) in [5.74, 6) is 1.14. The van der Waals surface area contributed by atoms with E-state index in [1.807, 2.05) is 48.5 Å². The topological polar surface area (TPSA) is 63.2 Å². The van der Waals surface area contributed by atoms with Crippen molar-refractivity contribution < 1.29 is 9.59 Å². The van der Waals surface area contributed by atoms with Gasteiger partial charge in [0, 0.05) is 46.6 Å². The molecular formula is C29H29Cl2N3O2. The van der Waals surface area contributed by atoms with E-state index in [9.17, 15) is 9.59 Å². The Balaban J connectivity index is 1.35. The third-order valence-electron chi connectivity index (χ3n) is 7.10. The first-order valence-electron chi connectivity index (χ1n) is 12.7. The number of ketones is 2. The van der Waals surface area contributed by atoms with Crippen LogP contribution < -0.4 is 4.90 Å². The summed E-state index contributed by atoms with van der Waals surface area (Å²) in [6.45, 7) is 1.86. The quantitative estimate of drug-likeness (QED) is 0.236. The minimum Gasteiger partial charge on any atom is -0.355 e. The van der Waals surface area contributed by atoms with E-state index in [4.69, 9.17) is 33.2 Å². The molecule has 2 aromatic carbocycles. The molecule has 0 spiro atoms. The van der Waals surface area contributed by atoms with Crippen LogP contribution in [0.3, 0.4) is 0 Å². The highest BCUT2D eigenvalue weighted by atomic mass is 35.5. The molecule has 5 rings (SSSR count). The molecule has 186 valence electrons. The van der Waals surface area contributed by atoms with E-state index in [1.165, 1.54) is 0 Å². The Morgan fingerprint density at radius 3 is 2.08 bits per heavy atom. The van der Waals surface area contributed by atoms with Crippen LogP contribution in [0.25, 0.3) is 22.5 Å². The molecule has 1 atom stereocenters. The number of rotatable bonds is 8. The molecule has 1 aromatic heterocycles. The first-order valence-corrected chi connectivity index (χ1v) is 13.5. The first-order chi connectivity index (χ1) is 17.5. The zero-order valence-electron chi connectivity index (χ0n) is 20.2. The molecule has 7 heteroatoms. The van der Waals surface area contributed by atoms with Gasteiger partial charge >= 0.3 is 0 Å². The summed E-state index contributed by atoms with van der Waals surface area (Å²) in [6.07, 6.45) is 6.38. The number of benzene rings is 2. The Morgan fingerprint density at radius 1 is 0.833 bits per heavy atom. The molecule has 0 radical (unpaired) electrons. The van der Waals surface area contributed by atoms with Gasteiger partial charge < -0.3 is 4.90 Å². The lowest BCUT2D eigenvalue weighted by molar-refractivity contribution is -0.122. The number of Topliss-reactive ketones (excluding diaryl/α,β-unsaturated/α-hetero) is 2. The number of anilines is 1. The Labute approximate surface area is 221 Å². The Hall–Kier alpha value is -2.76. The number of carbonyl (C=O) groups excluding carboxylic acids is 2. The lowest BCUT2D eigenvalue weighted by Crippen LogP contribution is -2.32. The minimum atomic E-state index is -0.0488. The predicted molar refractivity (Wildman–Crippen MR) is 145 cm³/mol. The average Bonchev–Trinajstić information content (AvgIpc) is 3.20. The van der Waals surface area contributed by atoms with Gasteiger partial charge in [-0.2, -0.15) is 0 Å². The van der Waals surface area contributed by atoms with Gasteiger partial charge in [-0.15, -0.1) is 0 Å². The second kappa shape index (κ2) is 11.1. The van der Waals surface area contributed by atoms with Crippen LogP contribution in [-0.2, 0) is 16.0 Å². The summed E-state index contributed by atoms with van der Waals surface area (Å²) in [5.41, 5.74) is 4.67. The third kappa shape index (κ3) is 5.63. The van der Waals surface area contributed by atoms with Gasteiger partial charge in [0.05, 0.1) is 23.5 Å². The van der Waals surface area contributed by atoms with E-state index < -0.39 is 0 Å². The standard InChI is InChI=1S/C29H29Cl2N3O2/c30-22-11-7-19(8-12-22)27-28(20-9-13-23(31)14-10-20)33-29-25(32-27)6-4-16-34(29)15-3-1-2-5-21-17-24(35)18-26(21)36/h7-14,21H,1-6,15-18H2. The lowest BCUT2D eigenvalue weighted by atomic mass is 9.99. The number of halogens is 2. The summed E-state index contributed by atoms with van der Waals surface area (Å²) < 4.78 is 0. The highest BCUT2D eigenvalue weighted by Crippen LogP contribution is 2.35. The molecule has 1 aliphatic carbocycles. The van der Waals surface area contributed by atoms with Crippen LogP contribution in [0.15, 0.2) is 48.5 Å². The van der Waals surface area contributed by atoms with E-state index in [-0.39, 0.29) is 23.9 Å². The third-order valence-corrected chi connectivity index (χ3v) is 7.61. The highest BCUT2D eigenvalue weighted by molar-refractivity contribution is 6.31. The summed E-state index contributed by atoms with van der Waals surface area (Å²) in [6, 6.07) is 15.5. The van der Waals surface area contributed by atoms with Crippen LogP contribution in [-0.4, -0.2) is 34.6 Å². The summed E-state index contributed by atoms with van der Waals surface area (Å²) in [5, 5.41) is 1.37. The normalized spacial score (nSPS) is 17.5. The fourth-order valence-electron chi connectivity index (χ4n) is 5.19. The van der Waals surface area contributed by atoms with Crippen LogP contribution in [0.2, 0.25) is 10.0 Å². The highest BCUT2D eigenvalue weighted by Gasteiger charge is 2.30. The van der Waals surface area contributed by atoms with Crippen molar-refractivity contribution in [2.45, 2.75) is 51.4 Å². The first kappa shape index (κ1) is 24.9. The minimum absolute atomic E-state index is 0.0488. The van der Waals surface area contributed by atoms with E-state index in [0.29, 0.717) is 16.5 Å². The van der Waals surface area contributed by atoms with Gasteiger partial charge in [0.1, 0.15) is 11.6 Å². The molecule has 2 heterocycles. The second-order valence-corrected chi connectivity index (χ2v) is 10.6. The number of nitrogens with zero attached hydrogens (tertiary/aromatic N) is 3. The molecule has 36 heavy (non-hydrogen) atoms. The number of unbranched alkanes of at least 4 members (excludes halogenated alkanes) is 2. The van der Waals surface area contributed by atoms with Gasteiger partial charge in [-0.3, -0.25) is 9.59 Å². The van der Waals surface area contributed by atoms with Crippen LogP contribution in [0, 0.1) is 5.92 Å². The van der Waals surface area contributed by atoms with Gasteiger partial charge in [-0.1, -0.05) is 60.3 Å². The fourth-order valence-corrected chi connectivity index (χ4v) is 5.45. The number of fused-ring (bicyclic) bond motifs is 1. The van der Waals surface area contributed by atoms with Crippen molar-refractivity contribution in [1.82, 2.24) is 9.97 Å². The molecule has 1 aliphatic heterocycles. The van der Waals surface area contributed by atoms with Crippen LogP contribution in [0.1, 0.15) is 50.6 Å². The molecule has 1 fully saturated rings. The Morgan fingerprint density at radius 2 is 1.47 bits per heavy atom. The number of aromatic nitrogens is 2. The maximum absolute atomic E-state index is 11.9. The van der Waals surface area contributed by atoms with Crippen molar-refractivity contribution in [2.24, 2.45) is 5.92 Å². The van der Waals surface area contributed by atoms with Gasteiger partial charge in [0.15, 0.2) is 5.82 Å². The van der Waals surface area contributed by atoms with Gasteiger partial charge in [0.2, 0.25) is 0 Å². The van der Waals surface area contributed by atoms with Crippen molar-refractivity contribution in [2.75, 3.05) is 18.0 Å². The Kier molecular flexibility index (Phi) is 7.68. The van der Waals surface area contributed by atoms with Crippen LogP contribution in [0.5, 0.6) is 0 Å². The molecule has 2 aliphatic rings. The molecule has 1 unspecified atom stereocenters. The second-order valence-electron chi connectivity index (χ2n) is 9.73. The molecular weight excluding hydrogens is 493 g/mol. The molecule has 3 aromatic rings. The van der Waals surface area contributed by atoms with E-state index in [1.54, 1.807) is 0 Å². The van der Waals surface area contributed by atoms with Gasteiger partial charge in [0.25, 0.3) is 0 Å². The number of carbonyl (C=O) groups is 2. The van der Waals surface area contributed by atoms with Crippen LogP contribution in [0.4, 0.5) is 5.82 Å². The number of aryl methyl sites for hydroxylation is 1. The largest absolute Gasteiger partial charge is 0.355 e. The monoisotopic (exact) mass is 521 g/mol. The van der Waals surface area contributed by atoms with E-state index in [0.717, 1.165) is 85.6 Å². The zero-order chi connectivity index (χ0) is 25.1. The molecule has 0 saturated heterocycles.